The Kier molecular flexibility index (Phi) is 5.77. The van der Waals surface area contributed by atoms with Crippen LogP contribution in [-0.4, -0.2) is 47.8 Å². The molecule has 1 aromatic rings. The first kappa shape index (κ1) is 16.9. The topological polar surface area (TPSA) is 37.4 Å². The number of nitrogens with zero attached hydrogens (tertiary/aromatic N) is 2. The molecule has 5 heteroatoms. The van der Waals surface area contributed by atoms with E-state index in [1.807, 2.05) is 5.51 Å². The molecule has 0 saturated carbocycles. The highest BCUT2D eigenvalue weighted by Gasteiger charge is 2.27. The SMILES string of the molecule is Cc1ncsc1CN(C)CC1CCC(CNC(C)(C)C)O1. The minimum absolute atomic E-state index is 0.169. The molecule has 2 rings (SSSR count). The molecule has 2 unspecified atom stereocenters. The summed E-state index contributed by atoms with van der Waals surface area (Å²) < 4.78 is 6.16. The van der Waals surface area contributed by atoms with Crippen LogP contribution in [0, 0.1) is 6.92 Å². The van der Waals surface area contributed by atoms with Crippen LogP contribution in [0.3, 0.4) is 0 Å². The Morgan fingerprint density at radius 2 is 2.10 bits per heavy atom. The van der Waals surface area contributed by atoms with E-state index in [9.17, 15) is 0 Å². The van der Waals surface area contributed by atoms with Crippen molar-refractivity contribution in [1.82, 2.24) is 15.2 Å². The monoisotopic (exact) mass is 311 g/mol. The Morgan fingerprint density at radius 3 is 2.71 bits per heavy atom. The van der Waals surface area contributed by atoms with E-state index in [1.54, 1.807) is 11.3 Å². The lowest BCUT2D eigenvalue weighted by molar-refractivity contribution is 0.0242. The summed E-state index contributed by atoms with van der Waals surface area (Å²) >= 11 is 1.74. The number of nitrogens with one attached hydrogen (secondary N) is 1. The van der Waals surface area contributed by atoms with Crippen molar-refractivity contribution < 1.29 is 4.74 Å². The van der Waals surface area contributed by atoms with Crippen molar-refractivity contribution in [3.8, 4) is 0 Å². The lowest BCUT2D eigenvalue weighted by Crippen LogP contribution is -2.41. The molecular formula is C16H29N3OS. The molecule has 2 heterocycles. The molecule has 4 nitrogen and oxygen atoms in total. The molecule has 0 amide bonds. The lowest BCUT2D eigenvalue weighted by Gasteiger charge is -2.24. The van der Waals surface area contributed by atoms with Crippen molar-refractivity contribution in [3.05, 3.63) is 16.1 Å². The van der Waals surface area contributed by atoms with E-state index in [2.05, 4.69) is 49.9 Å². The molecule has 21 heavy (non-hydrogen) atoms. The minimum Gasteiger partial charge on any atom is -0.372 e. The van der Waals surface area contributed by atoms with Gasteiger partial charge in [-0.25, -0.2) is 4.98 Å². The van der Waals surface area contributed by atoms with Gasteiger partial charge in [-0.1, -0.05) is 0 Å². The Balaban J connectivity index is 1.71. The van der Waals surface area contributed by atoms with Crippen LogP contribution in [0.15, 0.2) is 5.51 Å². The van der Waals surface area contributed by atoms with Gasteiger partial charge in [-0.3, -0.25) is 4.90 Å². The molecule has 0 bridgehead atoms. The van der Waals surface area contributed by atoms with Crippen LogP contribution >= 0.6 is 11.3 Å². The normalized spacial score (nSPS) is 23.1. The van der Waals surface area contributed by atoms with Gasteiger partial charge in [0.25, 0.3) is 0 Å². The van der Waals surface area contributed by atoms with Gasteiger partial charge < -0.3 is 10.1 Å². The Morgan fingerprint density at radius 1 is 1.38 bits per heavy atom. The molecular weight excluding hydrogens is 282 g/mol. The summed E-state index contributed by atoms with van der Waals surface area (Å²) in [5.74, 6) is 0. The van der Waals surface area contributed by atoms with Gasteiger partial charge in [-0.15, -0.1) is 11.3 Å². The number of ether oxygens (including phenoxy) is 1. The first-order valence-corrected chi connectivity index (χ1v) is 8.69. The second kappa shape index (κ2) is 7.18. The van der Waals surface area contributed by atoms with Gasteiger partial charge in [0.05, 0.1) is 23.4 Å². The third-order valence-electron chi connectivity index (χ3n) is 3.83. The number of hydrogen-bond donors (Lipinski definition) is 1. The third kappa shape index (κ3) is 5.66. The zero-order valence-electron chi connectivity index (χ0n) is 14.0. The number of aryl methyl sites for hydroxylation is 1. The zero-order valence-corrected chi connectivity index (χ0v) is 14.8. The molecule has 1 aromatic heterocycles. The van der Waals surface area contributed by atoms with Crippen molar-refractivity contribution in [2.75, 3.05) is 20.1 Å². The van der Waals surface area contributed by atoms with Crippen LogP contribution in [0.1, 0.15) is 44.2 Å². The molecule has 1 fully saturated rings. The molecule has 0 aromatic carbocycles. The summed E-state index contributed by atoms with van der Waals surface area (Å²) in [7, 11) is 2.17. The van der Waals surface area contributed by atoms with E-state index < -0.39 is 0 Å². The van der Waals surface area contributed by atoms with Crippen molar-refractivity contribution >= 4 is 11.3 Å². The predicted octanol–water partition coefficient (Wildman–Crippen LogP) is 2.82. The molecule has 120 valence electrons. The maximum absolute atomic E-state index is 6.16. The molecule has 1 aliphatic rings. The van der Waals surface area contributed by atoms with Crippen molar-refractivity contribution in [2.24, 2.45) is 0 Å². The molecule has 1 saturated heterocycles. The number of hydrogen-bond acceptors (Lipinski definition) is 5. The average molecular weight is 311 g/mol. The van der Waals surface area contributed by atoms with Gasteiger partial charge in [0.2, 0.25) is 0 Å². The maximum atomic E-state index is 6.16. The summed E-state index contributed by atoms with van der Waals surface area (Å²) in [6, 6.07) is 0. The largest absolute Gasteiger partial charge is 0.372 e. The van der Waals surface area contributed by atoms with Gasteiger partial charge in [0.1, 0.15) is 0 Å². The maximum Gasteiger partial charge on any atom is 0.0798 e. The van der Waals surface area contributed by atoms with Crippen LogP contribution in [0.25, 0.3) is 0 Å². The Hall–Kier alpha value is -0.490. The van der Waals surface area contributed by atoms with E-state index >= 15 is 0 Å². The average Bonchev–Trinajstić information content (AvgIpc) is 2.96. The number of rotatable bonds is 6. The van der Waals surface area contributed by atoms with Crippen LogP contribution in [0.5, 0.6) is 0 Å². The van der Waals surface area contributed by atoms with Crippen LogP contribution in [0.2, 0.25) is 0 Å². The molecule has 0 radical (unpaired) electrons. The van der Waals surface area contributed by atoms with E-state index in [0.717, 1.165) is 25.3 Å². The minimum atomic E-state index is 0.169. The molecule has 2 atom stereocenters. The van der Waals surface area contributed by atoms with E-state index in [4.69, 9.17) is 4.74 Å². The Bertz CT molecular complexity index is 441. The van der Waals surface area contributed by atoms with E-state index in [1.165, 1.54) is 17.7 Å². The van der Waals surface area contributed by atoms with Crippen LogP contribution in [-0.2, 0) is 11.3 Å². The molecule has 1 aliphatic heterocycles. The van der Waals surface area contributed by atoms with Gasteiger partial charge in [0, 0.05) is 30.1 Å². The fourth-order valence-corrected chi connectivity index (χ4v) is 3.48. The van der Waals surface area contributed by atoms with Gasteiger partial charge >= 0.3 is 0 Å². The highest BCUT2D eigenvalue weighted by Crippen LogP contribution is 2.22. The molecule has 1 N–H and O–H groups in total. The number of likely N-dealkylation sites (N-methyl/N-ethyl adjacent to an activating group) is 1. The van der Waals surface area contributed by atoms with Crippen molar-refractivity contribution in [1.29, 1.82) is 0 Å². The summed E-state index contributed by atoms with van der Waals surface area (Å²) in [5.41, 5.74) is 3.26. The lowest BCUT2D eigenvalue weighted by atomic mass is 10.1. The van der Waals surface area contributed by atoms with Crippen LogP contribution in [0.4, 0.5) is 0 Å². The summed E-state index contributed by atoms with van der Waals surface area (Å²) in [4.78, 5) is 8.03. The summed E-state index contributed by atoms with van der Waals surface area (Å²) in [6.07, 6.45) is 3.08. The standard InChI is InChI=1S/C16H29N3OS/c1-12-15(21-11-17-12)10-19(5)9-14-7-6-13(20-14)8-18-16(2,3)4/h11,13-14,18H,6-10H2,1-5H3. The fraction of sp³-hybridized carbons (Fsp3) is 0.812. The number of aromatic nitrogens is 1. The summed E-state index contributed by atoms with van der Waals surface area (Å²) in [6.45, 7) is 11.6. The van der Waals surface area contributed by atoms with E-state index in [0.29, 0.717) is 12.2 Å². The Labute approximate surface area is 132 Å². The zero-order chi connectivity index (χ0) is 15.5. The summed E-state index contributed by atoms with van der Waals surface area (Å²) in [5, 5.41) is 3.54. The second-order valence-corrected chi connectivity index (χ2v) is 8.09. The van der Waals surface area contributed by atoms with Gasteiger partial charge in [-0.05, 0) is 47.6 Å². The van der Waals surface area contributed by atoms with E-state index in [-0.39, 0.29) is 5.54 Å². The first-order valence-electron chi connectivity index (χ1n) is 7.81. The third-order valence-corrected chi connectivity index (χ3v) is 4.75. The van der Waals surface area contributed by atoms with Crippen LogP contribution < -0.4 is 5.32 Å². The van der Waals surface area contributed by atoms with Crippen molar-refractivity contribution in [2.45, 2.75) is 64.8 Å². The van der Waals surface area contributed by atoms with Gasteiger partial charge in [-0.2, -0.15) is 0 Å². The molecule has 0 spiro atoms. The van der Waals surface area contributed by atoms with Gasteiger partial charge in [0.15, 0.2) is 0 Å². The molecule has 0 aliphatic carbocycles. The highest BCUT2D eigenvalue weighted by molar-refractivity contribution is 7.09. The first-order chi connectivity index (χ1) is 9.83. The number of thiazole rings is 1. The van der Waals surface area contributed by atoms with Crippen molar-refractivity contribution in [3.63, 3.8) is 0 Å². The second-order valence-electron chi connectivity index (χ2n) is 7.15. The fourth-order valence-electron chi connectivity index (χ4n) is 2.62. The quantitative estimate of drug-likeness (QED) is 0.876. The highest BCUT2D eigenvalue weighted by atomic mass is 32.1. The predicted molar refractivity (Wildman–Crippen MR) is 88.8 cm³/mol. The smallest absolute Gasteiger partial charge is 0.0798 e.